The summed E-state index contributed by atoms with van der Waals surface area (Å²) in [7, 11) is 1.36. The van der Waals surface area contributed by atoms with Crippen LogP contribution in [-0.4, -0.2) is 31.6 Å². The van der Waals surface area contributed by atoms with Crippen molar-refractivity contribution < 1.29 is 14.3 Å². The highest BCUT2D eigenvalue weighted by atomic mass is 16.5. The van der Waals surface area contributed by atoms with E-state index in [1.54, 1.807) is 4.90 Å². The van der Waals surface area contributed by atoms with Crippen LogP contribution in [0.5, 0.6) is 0 Å². The zero-order chi connectivity index (χ0) is 14.8. The Morgan fingerprint density at radius 2 is 2.05 bits per heavy atom. The molecule has 1 N–H and O–H groups in total. The van der Waals surface area contributed by atoms with E-state index in [2.05, 4.69) is 5.32 Å². The molecule has 0 radical (unpaired) electrons. The number of carbonyl (C=O) groups excluding carboxylic acids is 2. The Kier molecular flexibility index (Phi) is 3.92. The van der Waals surface area contributed by atoms with Crippen LogP contribution in [0.2, 0.25) is 0 Å². The topological polar surface area (TPSA) is 58.6 Å². The number of esters is 1. The Morgan fingerprint density at radius 1 is 1.33 bits per heavy atom. The Labute approximate surface area is 124 Å². The lowest BCUT2D eigenvalue weighted by molar-refractivity contribution is -0.145. The number of anilines is 1. The van der Waals surface area contributed by atoms with Crippen molar-refractivity contribution in [3.8, 4) is 0 Å². The smallest absolute Gasteiger partial charge is 0.311 e. The summed E-state index contributed by atoms with van der Waals surface area (Å²) in [5, 5.41) is 3.46. The van der Waals surface area contributed by atoms with Gasteiger partial charge in [0.2, 0.25) is 5.91 Å². The molecule has 1 aliphatic heterocycles. The van der Waals surface area contributed by atoms with E-state index >= 15 is 0 Å². The van der Waals surface area contributed by atoms with Gasteiger partial charge in [-0.15, -0.1) is 0 Å². The quantitative estimate of drug-likeness (QED) is 0.834. The van der Waals surface area contributed by atoms with Crippen molar-refractivity contribution in [2.24, 2.45) is 5.92 Å². The summed E-state index contributed by atoms with van der Waals surface area (Å²) in [6.45, 7) is 1.27. The number of nitrogens with one attached hydrogen (secondary N) is 1. The van der Waals surface area contributed by atoms with Gasteiger partial charge in [-0.1, -0.05) is 12.1 Å². The van der Waals surface area contributed by atoms with Crippen LogP contribution < -0.4 is 10.2 Å². The molecule has 1 aliphatic carbocycles. The third-order valence-electron chi connectivity index (χ3n) is 4.08. The highest BCUT2D eigenvalue weighted by Crippen LogP contribution is 2.26. The van der Waals surface area contributed by atoms with Crippen molar-refractivity contribution in [2.45, 2.75) is 31.8 Å². The van der Waals surface area contributed by atoms with E-state index in [9.17, 15) is 9.59 Å². The average Bonchev–Trinajstić information content (AvgIpc) is 3.26. The van der Waals surface area contributed by atoms with Gasteiger partial charge in [0, 0.05) is 31.2 Å². The highest BCUT2D eigenvalue weighted by Gasteiger charge is 2.35. The van der Waals surface area contributed by atoms with Gasteiger partial charge in [-0.25, -0.2) is 0 Å². The molecule has 1 heterocycles. The Bertz CT molecular complexity index is 537. The molecule has 1 unspecified atom stereocenters. The van der Waals surface area contributed by atoms with Crippen LogP contribution in [0.3, 0.4) is 0 Å². The van der Waals surface area contributed by atoms with E-state index in [4.69, 9.17) is 4.74 Å². The van der Waals surface area contributed by atoms with Crippen molar-refractivity contribution in [1.29, 1.82) is 0 Å². The first-order valence-electron chi connectivity index (χ1n) is 7.38. The minimum Gasteiger partial charge on any atom is -0.469 e. The van der Waals surface area contributed by atoms with Crippen molar-refractivity contribution >= 4 is 17.6 Å². The largest absolute Gasteiger partial charge is 0.469 e. The second-order valence-corrected chi connectivity index (χ2v) is 5.75. The van der Waals surface area contributed by atoms with Gasteiger partial charge in [0.05, 0.1) is 13.0 Å². The summed E-state index contributed by atoms with van der Waals surface area (Å²) < 4.78 is 4.72. The molecule has 1 atom stereocenters. The minimum atomic E-state index is -0.348. The maximum absolute atomic E-state index is 12.0. The van der Waals surface area contributed by atoms with Gasteiger partial charge in [0.15, 0.2) is 0 Å². The molecule has 1 aromatic rings. The normalized spacial score (nSPS) is 21.7. The molecule has 2 aliphatic rings. The van der Waals surface area contributed by atoms with Gasteiger partial charge in [0.25, 0.3) is 0 Å². The standard InChI is InChI=1S/C16H20N2O3/c1-21-16(20)12-8-15(19)18(10-12)14-6-2-11(3-7-14)9-17-13-4-5-13/h2-3,6-7,12-13,17H,4-5,8-10H2,1H3. The van der Waals surface area contributed by atoms with Gasteiger partial charge >= 0.3 is 5.97 Å². The Hall–Kier alpha value is -1.88. The first kappa shape index (κ1) is 14.1. The number of benzene rings is 1. The first-order chi connectivity index (χ1) is 10.2. The monoisotopic (exact) mass is 288 g/mol. The maximum atomic E-state index is 12.0. The summed E-state index contributed by atoms with van der Waals surface area (Å²) >= 11 is 0. The zero-order valence-corrected chi connectivity index (χ0v) is 12.2. The average molecular weight is 288 g/mol. The molecule has 1 saturated heterocycles. The number of ether oxygens (including phenoxy) is 1. The molecule has 0 spiro atoms. The van der Waals surface area contributed by atoms with Crippen LogP contribution in [0, 0.1) is 5.92 Å². The molecule has 5 nitrogen and oxygen atoms in total. The SMILES string of the molecule is COC(=O)C1CC(=O)N(c2ccc(CNC3CC3)cc2)C1. The van der Waals surface area contributed by atoms with Gasteiger partial charge < -0.3 is 15.0 Å². The van der Waals surface area contributed by atoms with Crippen molar-refractivity contribution in [3.63, 3.8) is 0 Å². The second-order valence-electron chi connectivity index (χ2n) is 5.75. The van der Waals surface area contributed by atoms with Gasteiger partial charge in [-0.3, -0.25) is 9.59 Å². The molecule has 2 fully saturated rings. The van der Waals surface area contributed by atoms with Crippen LogP contribution in [0.15, 0.2) is 24.3 Å². The summed E-state index contributed by atoms with van der Waals surface area (Å²) in [6, 6.07) is 8.64. The first-order valence-corrected chi connectivity index (χ1v) is 7.38. The molecule has 3 rings (SSSR count). The Balaban J connectivity index is 1.63. The molecule has 112 valence electrons. The minimum absolute atomic E-state index is 0.0192. The second kappa shape index (κ2) is 5.85. The Morgan fingerprint density at radius 3 is 2.67 bits per heavy atom. The lowest BCUT2D eigenvalue weighted by Gasteiger charge is -2.17. The maximum Gasteiger partial charge on any atom is 0.311 e. The molecule has 21 heavy (non-hydrogen) atoms. The van der Waals surface area contributed by atoms with Crippen LogP contribution in [0.25, 0.3) is 0 Å². The molecular weight excluding hydrogens is 268 g/mol. The fourth-order valence-electron chi connectivity index (χ4n) is 2.63. The molecule has 1 aromatic carbocycles. The molecule has 1 saturated carbocycles. The van der Waals surface area contributed by atoms with Crippen molar-refractivity contribution in [2.75, 3.05) is 18.6 Å². The number of amides is 1. The summed E-state index contributed by atoms with van der Waals surface area (Å²) in [5.74, 6) is -0.677. The lowest BCUT2D eigenvalue weighted by atomic mass is 10.1. The van der Waals surface area contributed by atoms with Crippen molar-refractivity contribution in [1.82, 2.24) is 5.32 Å². The number of carbonyl (C=O) groups is 2. The van der Waals surface area contributed by atoms with E-state index < -0.39 is 0 Å². The fraction of sp³-hybridized carbons (Fsp3) is 0.500. The number of methoxy groups -OCH3 is 1. The summed E-state index contributed by atoms with van der Waals surface area (Å²) in [4.78, 5) is 25.2. The summed E-state index contributed by atoms with van der Waals surface area (Å²) in [6.07, 6.45) is 2.78. The zero-order valence-electron chi connectivity index (χ0n) is 12.2. The number of rotatable bonds is 5. The van der Waals surface area contributed by atoms with Gasteiger partial charge in [-0.2, -0.15) is 0 Å². The molecule has 0 bridgehead atoms. The van der Waals surface area contributed by atoms with Crippen molar-refractivity contribution in [3.05, 3.63) is 29.8 Å². The van der Waals surface area contributed by atoms with E-state index in [1.807, 2.05) is 24.3 Å². The van der Waals surface area contributed by atoms with E-state index in [1.165, 1.54) is 25.5 Å². The summed E-state index contributed by atoms with van der Waals surface area (Å²) in [5.41, 5.74) is 2.06. The van der Waals surface area contributed by atoms with Crippen LogP contribution in [0.1, 0.15) is 24.8 Å². The number of nitrogens with zero attached hydrogens (tertiary/aromatic N) is 1. The van der Waals surface area contributed by atoms with E-state index in [0.717, 1.165) is 12.2 Å². The molecule has 5 heteroatoms. The fourth-order valence-corrected chi connectivity index (χ4v) is 2.63. The highest BCUT2D eigenvalue weighted by molar-refractivity contribution is 5.99. The molecular formula is C16H20N2O3. The molecule has 0 aromatic heterocycles. The predicted molar refractivity (Wildman–Crippen MR) is 78.8 cm³/mol. The number of hydrogen-bond acceptors (Lipinski definition) is 4. The van der Waals surface area contributed by atoms with Crippen LogP contribution in [-0.2, 0) is 20.9 Å². The third kappa shape index (κ3) is 3.24. The van der Waals surface area contributed by atoms with E-state index in [0.29, 0.717) is 12.6 Å². The van der Waals surface area contributed by atoms with E-state index in [-0.39, 0.29) is 24.2 Å². The van der Waals surface area contributed by atoms with Crippen LogP contribution >= 0.6 is 0 Å². The predicted octanol–water partition coefficient (Wildman–Crippen LogP) is 1.46. The molecule has 1 amide bonds. The third-order valence-corrected chi connectivity index (χ3v) is 4.08. The van der Waals surface area contributed by atoms with Crippen LogP contribution in [0.4, 0.5) is 5.69 Å². The number of hydrogen-bond donors (Lipinski definition) is 1. The lowest BCUT2D eigenvalue weighted by Crippen LogP contribution is -2.26. The van der Waals surface area contributed by atoms with Gasteiger partial charge in [-0.05, 0) is 30.5 Å². The van der Waals surface area contributed by atoms with Gasteiger partial charge in [0.1, 0.15) is 0 Å².